The Bertz CT molecular complexity index is 1340. The van der Waals surface area contributed by atoms with Gasteiger partial charge in [0.05, 0.1) is 39.6 Å². The molecule has 133 heavy (non-hydrogen) atoms. The van der Waals surface area contributed by atoms with E-state index in [0.29, 0.717) is 32.6 Å². The number of carbonyl (C=O) groups is 9. The summed E-state index contributed by atoms with van der Waals surface area (Å²) in [5.74, 6) is 1.55. The molecule has 11 amide bonds. The number of hydrogen-bond acceptors (Lipinski definition) is 21. The van der Waals surface area contributed by atoms with Crippen LogP contribution in [0.2, 0.25) is 0 Å². The van der Waals surface area contributed by atoms with Gasteiger partial charge in [-0.3, -0.25) is 45.2 Å². The van der Waals surface area contributed by atoms with Gasteiger partial charge in [0.25, 0.3) is 11.8 Å². The second-order valence-corrected chi connectivity index (χ2v) is 15.6. The molecule has 0 saturated carbocycles. The van der Waals surface area contributed by atoms with E-state index in [-0.39, 0.29) is 61.7 Å². The first-order chi connectivity index (χ1) is 65.0. The summed E-state index contributed by atoms with van der Waals surface area (Å²) in [7, 11) is 0. The number of nitrogens with one attached hydrogen (secondary N) is 12. The number of carbonyl (C=O) groups excluding carboxylic acids is 9. The highest BCUT2D eigenvalue weighted by atomic mass is 32.2. The standard InChI is InChI=1S/C4H7NO2.C4H5NO2.C4H3NO2.C4H7NO.C3H4N2O2.C3H6N2O.C3H8N2.C3H5NO2.2C3H7NO.C3H6S2.33C2H6.CH4/c6-4-5-2-1-3-7-4;2*6-3-1-2-4(7)5-3;1-2-4-6-5-3-1;6-2-1-4-3(7)5-2;6-3-4-1-2-5-3;1-2-5-3-4-1;5-3-4-1-2-6-3;1-2-5-3-4-1;1-2-4-5-3-1;1-2-5-3-4-1;33*1-2;/h1-3H2,(H,5,6);1-2H2,(H,5,6,7);1-2H,(H,5,6,7);3H,1-2,4H2;1H2,(H2,4,5,6,7);1-2H2,(H2,4,5,6);4-5H,1-3H2;1-2H2,(H,4,5);2*4H,1-3H2;1-3H2;33*1-2H3;1H4. The van der Waals surface area contributed by atoms with E-state index < -0.39 is 6.03 Å². The first-order valence-corrected chi connectivity index (χ1v) is 56.5. The summed E-state index contributed by atoms with van der Waals surface area (Å²) >= 11 is 4.07. The van der Waals surface area contributed by atoms with Crippen LogP contribution < -0.4 is 64.0 Å². The third-order valence-electron chi connectivity index (χ3n) is 7.52. The van der Waals surface area contributed by atoms with Crippen molar-refractivity contribution in [2.75, 3.05) is 122 Å². The molecular weight excluding hydrogens is 1720 g/mol. The normalized spacial score (nSPS) is 11.8. The van der Waals surface area contributed by atoms with E-state index in [1.807, 2.05) is 491 Å². The summed E-state index contributed by atoms with van der Waals surface area (Å²) in [5.41, 5.74) is 2.72. The lowest BCUT2D eigenvalue weighted by molar-refractivity contribution is -0.125. The van der Waals surface area contributed by atoms with Crippen molar-refractivity contribution in [3.63, 3.8) is 0 Å². The van der Waals surface area contributed by atoms with E-state index in [2.05, 4.69) is 72.8 Å². The molecule has 9 fully saturated rings. The molecule has 844 valence electrons. The van der Waals surface area contributed by atoms with Gasteiger partial charge in [-0.05, 0) is 25.7 Å². The van der Waals surface area contributed by atoms with Crippen molar-refractivity contribution < 1.29 is 67.0 Å². The molecule has 11 rings (SSSR count). The maximum Gasteiger partial charge on any atom is 0.407 e. The van der Waals surface area contributed by atoms with E-state index in [1.165, 1.54) is 35.2 Å². The maximum absolute atomic E-state index is 10.1. The molecule has 0 radical (unpaired) electrons. The summed E-state index contributed by atoms with van der Waals surface area (Å²) in [6.45, 7) is 145. The number of urea groups is 2. The van der Waals surface area contributed by atoms with Gasteiger partial charge in [-0.15, -0.1) is 0 Å². The fourth-order valence-electron chi connectivity index (χ4n) is 4.34. The Kier molecular flexibility index (Phi) is 723. The number of ether oxygens (including phenoxy) is 3. The monoisotopic (exact) mass is 1990 g/mol. The summed E-state index contributed by atoms with van der Waals surface area (Å²) in [4.78, 5) is 99.8. The predicted molar refractivity (Wildman–Crippen MR) is 624 cm³/mol. The van der Waals surface area contributed by atoms with Crippen LogP contribution in [0.1, 0.15) is 503 Å². The van der Waals surface area contributed by atoms with Crippen LogP contribution in [-0.2, 0) is 47.9 Å². The second-order valence-electron chi connectivity index (χ2n) is 13.1. The quantitative estimate of drug-likeness (QED) is 0.0792. The summed E-state index contributed by atoms with van der Waals surface area (Å²) in [6, 6.07) is -0.444. The van der Waals surface area contributed by atoms with Gasteiger partial charge < -0.3 is 61.1 Å². The van der Waals surface area contributed by atoms with Crippen molar-refractivity contribution in [3.8, 4) is 0 Å². The largest absolute Gasteiger partial charge is 0.449 e. The molecule has 27 nitrogen and oxygen atoms in total. The first-order valence-electron chi connectivity index (χ1n) is 54.1. The molecule has 11 heterocycles. The molecular formula is C104H267N13O14S2. The number of imide groups is 3. The molecule has 11 aliphatic rings. The van der Waals surface area contributed by atoms with Gasteiger partial charge in [-0.25, -0.2) is 24.7 Å². The lowest BCUT2D eigenvalue weighted by Crippen LogP contribution is -2.31. The molecule has 0 unspecified atom stereocenters. The first kappa shape index (κ1) is 233. The van der Waals surface area contributed by atoms with Crippen molar-refractivity contribution in [1.29, 1.82) is 0 Å². The van der Waals surface area contributed by atoms with Crippen LogP contribution in [0.3, 0.4) is 0 Å². The highest BCUT2D eigenvalue weighted by molar-refractivity contribution is 8.19. The lowest BCUT2D eigenvalue weighted by Gasteiger charge is -2.10. The summed E-state index contributed by atoms with van der Waals surface area (Å²) < 4.78 is 13.8. The Morgan fingerprint density at radius 2 is 0.609 bits per heavy atom. The van der Waals surface area contributed by atoms with Crippen LogP contribution in [0.15, 0.2) is 17.3 Å². The van der Waals surface area contributed by atoms with Crippen LogP contribution >= 0.6 is 23.5 Å². The number of oxime groups is 1. The van der Waals surface area contributed by atoms with E-state index in [9.17, 15) is 43.2 Å². The Balaban J connectivity index is -0.0000000239. The van der Waals surface area contributed by atoms with Gasteiger partial charge in [0, 0.05) is 100 Å². The van der Waals surface area contributed by atoms with Crippen LogP contribution in [0, 0.1) is 0 Å². The van der Waals surface area contributed by atoms with Crippen LogP contribution in [0.25, 0.3) is 0 Å². The molecule has 0 spiro atoms. The molecule has 0 aromatic heterocycles. The van der Waals surface area contributed by atoms with Crippen molar-refractivity contribution in [1.82, 2.24) is 64.0 Å². The lowest BCUT2D eigenvalue weighted by atomic mass is 10.3. The predicted octanol–water partition coefficient (Wildman–Crippen LogP) is 31.9. The summed E-state index contributed by atoms with van der Waals surface area (Å²) in [5, 5.41) is 32.7. The number of hydrogen-bond donors (Lipinski definition) is 12. The minimum Gasteiger partial charge on any atom is -0.449 e. The molecule has 12 N–H and O–H groups in total. The van der Waals surface area contributed by atoms with Gasteiger partial charge in [0.15, 0.2) is 0 Å². The smallest absolute Gasteiger partial charge is 0.407 e. The number of nitrogens with zero attached hydrogens (tertiary/aromatic N) is 1. The summed E-state index contributed by atoms with van der Waals surface area (Å²) in [6.07, 6.45) is 8.67. The number of rotatable bonds is 0. The van der Waals surface area contributed by atoms with Gasteiger partial charge in [0.1, 0.15) is 13.2 Å². The third kappa shape index (κ3) is 406. The Hall–Kier alpha value is -5.30. The highest BCUT2D eigenvalue weighted by Crippen LogP contribution is 2.20. The van der Waals surface area contributed by atoms with Gasteiger partial charge >= 0.3 is 24.2 Å². The zero-order chi connectivity index (χ0) is 114. The van der Waals surface area contributed by atoms with Crippen molar-refractivity contribution >= 4 is 83.5 Å². The molecule has 0 bridgehead atoms. The molecule has 0 aromatic rings. The number of hydroxylamine groups is 1. The number of thioether (sulfide) groups is 2. The molecule has 29 heteroatoms. The second kappa shape index (κ2) is 412. The number of cyclic esters (lactones) is 2. The van der Waals surface area contributed by atoms with Crippen LogP contribution in [-0.4, -0.2) is 182 Å². The molecule has 11 aliphatic heterocycles. The van der Waals surface area contributed by atoms with E-state index >= 15 is 0 Å². The van der Waals surface area contributed by atoms with E-state index in [4.69, 9.17) is 9.57 Å². The van der Waals surface area contributed by atoms with Gasteiger partial charge in [0.2, 0.25) is 17.7 Å². The van der Waals surface area contributed by atoms with Crippen molar-refractivity contribution in [2.24, 2.45) is 5.16 Å². The fourth-order valence-corrected chi connectivity index (χ4v) is 6.69. The molecule has 0 atom stereocenters. The van der Waals surface area contributed by atoms with Crippen LogP contribution in [0.4, 0.5) is 19.2 Å². The minimum atomic E-state index is -0.398. The zero-order valence-corrected chi connectivity index (χ0v) is 105. The maximum atomic E-state index is 10.1. The molecule has 9 saturated heterocycles. The molecule has 0 aliphatic carbocycles. The Morgan fingerprint density at radius 3 is 0.699 bits per heavy atom. The van der Waals surface area contributed by atoms with Gasteiger partial charge in [-0.2, -0.15) is 23.5 Å². The Labute approximate surface area is 852 Å². The SMILES string of the molecule is C.C1=NOCCC1.C1CNCN1.C1CNOC1.C1COCN1.C1CSCS1.CC.CC.CC.CC.CC.CC.CC.CC.CC.CC.CC.CC.CC.CC.CC.CC.CC.CC.CC.CC.CC.CC.CC.CC.CC.CC.CC.CC.CC.CC.CC.CC.CC.O=C1C=CC(=O)N1.O=C1CCC(=O)N1.O=C1CNC(=O)N1.O=C1NCCCO1.O=C1NCCN1.O=C1NCCO1. The molecule has 0 aromatic carbocycles. The van der Waals surface area contributed by atoms with Crippen molar-refractivity contribution in [3.05, 3.63) is 12.2 Å². The number of amides is 11. The average Bonchev–Trinajstić information content (AvgIpc) is 1.89. The Morgan fingerprint density at radius 1 is 0.286 bits per heavy atom. The van der Waals surface area contributed by atoms with Crippen LogP contribution in [0.5, 0.6) is 0 Å². The van der Waals surface area contributed by atoms with Gasteiger partial charge in [-0.1, -0.05) is 470 Å². The van der Waals surface area contributed by atoms with E-state index in [1.54, 1.807) is 6.21 Å². The van der Waals surface area contributed by atoms with Crippen molar-refractivity contribution in [2.45, 2.75) is 503 Å². The fraction of sp³-hybridized carbons (Fsp3) is 0.885. The van der Waals surface area contributed by atoms with E-state index in [0.717, 1.165) is 98.3 Å². The number of alkyl carbamates (subject to hydrolysis) is 2. The third-order valence-corrected chi connectivity index (χ3v) is 10.1. The average molecular weight is 1990 g/mol. The zero-order valence-electron chi connectivity index (χ0n) is 103. The topological polar surface area (TPSA) is 356 Å². The highest BCUT2D eigenvalue weighted by Gasteiger charge is 2.16. The minimum absolute atomic E-state index is 0.